The minimum atomic E-state index is -0.422. The Kier molecular flexibility index (Phi) is 8.75. The van der Waals surface area contributed by atoms with Gasteiger partial charge in [-0.1, -0.05) is 33.3 Å². The van der Waals surface area contributed by atoms with Gasteiger partial charge in [-0.15, -0.1) is 0 Å². The highest BCUT2D eigenvalue weighted by atomic mass is 32.1. The number of hydrogen-bond acceptors (Lipinski definition) is 3. The van der Waals surface area contributed by atoms with Gasteiger partial charge in [0.1, 0.15) is 17.1 Å². The van der Waals surface area contributed by atoms with Gasteiger partial charge in [0.15, 0.2) is 0 Å². The maximum absolute atomic E-state index is 12.4. The lowest BCUT2D eigenvalue weighted by molar-refractivity contribution is -0.145. The highest BCUT2D eigenvalue weighted by Crippen LogP contribution is 2.31. The molecule has 0 bridgehead atoms. The third-order valence-electron chi connectivity index (χ3n) is 4.34. The summed E-state index contributed by atoms with van der Waals surface area (Å²) in [6.45, 7) is 12.3. The molecule has 4 heteroatoms. The van der Waals surface area contributed by atoms with Gasteiger partial charge >= 0.3 is 5.97 Å². The predicted octanol–water partition coefficient (Wildman–Crippen LogP) is 5.49. The number of hydrogen-bond donors (Lipinski definition) is 0. The van der Waals surface area contributed by atoms with Gasteiger partial charge in [0.2, 0.25) is 0 Å². The third kappa shape index (κ3) is 6.46. The van der Waals surface area contributed by atoms with Crippen molar-refractivity contribution in [2.24, 2.45) is 5.41 Å². The van der Waals surface area contributed by atoms with E-state index in [-0.39, 0.29) is 25.1 Å². The van der Waals surface area contributed by atoms with Crippen LogP contribution in [0, 0.1) is 5.41 Å². The van der Waals surface area contributed by atoms with Crippen LogP contribution in [-0.4, -0.2) is 11.6 Å². The molecule has 0 fully saturated rings. The first-order valence-corrected chi connectivity index (χ1v) is 8.27. The lowest BCUT2D eigenvalue weighted by Gasteiger charge is -2.26. The first-order chi connectivity index (χ1) is 10.3. The van der Waals surface area contributed by atoms with Crippen molar-refractivity contribution in [3.63, 3.8) is 0 Å². The van der Waals surface area contributed by atoms with Crippen LogP contribution in [0.5, 0.6) is 11.5 Å². The van der Waals surface area contributed by atoms with Crippen LogP contribution >= 0.6 is 13.5 Å². The molecule has 0 aliphatic rings. The second-order valence-corrected chi connectivity index (χ2v) is 6.74. The summed E-state index contributed by atoms with van der Waals surface area (Å²) in [7, 11) is 0. The van der Waals surface area contributed by atoms with E-state index in [9.17, 15) is 4.79 Å². The molecular formula is C19H32O3S. The fraction of sp³-hybridized carbons (Fsp3) is 0.632. The standard InChI is InChI=1S/C19H30O3.H2S/c1-7-13-19(6,9-3)17(20)21-15-11-10-12-16(14-15)22-18(4,5)8-2;/h10-12,14H,7-9,13H2,1-6H3;1H2. The van der Waals surface area contributed by atoms with E-state index in [1.165, 1.54) is 0 Å². The number of esters is 1. The van der Waals surface area contributed by atoms with Crippen LogP contribution in [-0.2, 0) is 4.79 Å². The number of ether oxygens (including phenoxy) is 2. The van der Waals surface area contributed by atoms with Crippen molar-refractivity contribution in [1.82, 2.24) is 0 Å². The van der Waals surface area contributed by atoms with Gasteiger partial charge < -0.3 is 9.47 Å². The molecule has 0 N–H and O–H groups in total. The Balaban J connectivity index is 0.00000484. The highest BCUT2D eigenvalue weighted by Gasteiger charge is 2.32. The fourth-order valence-electron chi connectivity index (χ4n) is 2.20. The van der Waals surface area contributed by atoms with Crippen molar-refractivity contribution in [3.05, 3.63) is 24.3 Å². The lowest BCUT2D eigenvalue weighted by Crippen LogP contribution is -2.31. The van der Waals surface area contributed by atoms with E-state index < -0.39 is 5.41 Å². The first kappa shape index (κ1) is 21.8. The number of carbonyl (C=O) groups is 1. The first-order valence-electron chi connectivity index (χ1n) is 8.27. The Morgan fingerprint density at radius 3 is 2.17 bits per heavy atom. The van der Waals surface area contributed by atoms with E-state index in [0.717, 1.165) is 31.4 Å². The van der Waals surface area contributed by atoms with Crippen LogP contribution in [0.25, 0.3) is 0 Å². The van der Waals surface area contributed by atoms with Gasteiger partial charge in [0.05, 0.1) is 5.41 Å². The summed E-state index contributed by atoms with van der Waals surface area (Å²) >= 11 is 0. The van der Waals surface area contributed by atoms with E-state index in [1.807, 2.05) is 39.8 Å². The molecular weight excluding hydrogens is 308 g/mol. The molecule has 0 radical (unpaired) electrons. The van der Waals surface area contributed by atoms with E-state index >= 15 is 0 Å². The van der Waals surface area contributed by atoms with Crippen LogP contribution in [0.15, 0.2) is 24.3 Å². The molecule has 0 amide bonds. The monoisotopic (exact) mass is 340 g/mol. The summed E-state index contributed by atoms with van der Waals surface area (Å²) in [6.07, 6.45) is 3.48. The molecule has 0 saturated heterocycles. The summed E-state index contributed by atoms with van der Waals surface area (Å²) in [5.41, 5.74) is -0.656. The lowest BCUT2D eigenvalue weighted by atomic mass is 9.83. The van der Waals surface area contributed by atoms with Crippen LogP contribution in [0.2, 0.25) is 0 Å². The molecule has 1 aromatic carbocycles. The van der Waals surface area contributed by atoms with Gasteiger partial charge in [-0.25, -0.2) is 0 Å². The normalized spacial score (nSPS) is 13.7. The topological polar surface area (TPSA) is 35.5 Å². The minimum absolute atomic E-state index is 0. The maximum Gasteiger partial charge on any atom is 0.317 e. The molecule has 1 aromatic rings. The average molecular weight is 341 g/mol. The van der Waals surface area contributed by atoms with Crippen LogP contribution in [0.4, 0.5) is 0 Å². The SMILES string of the molecule is CCCC(C)(CC)C(=O)Oc1cccc(OC(C)(C)CC)c1.S. The zero-order valence-corrected chi connectivity index (χ0v) is 16.4. The molecule has 0 aliphatic carbocycles. The molecule has 1 rings (SSSR count). The summed E-state index contributed by atoms with van der Waals surface area (Å²) in [5, 5.41) is 0. The van der Waals surface area contributed by atoms with Gasteiger partial charge in [-0.3, -0.25) is 4.79 Å². The molecule has 0 spiro atoms. The summed E-state index contributed by atoms with van der Waals surface area (Å²) in [4.78, 5) is 12.4. The van der Waals surface area contributed by atoms with Gasteiger partial charge in [0.25, 0.3) is 0 Å². The second-order valence-electron chi connectivity index (χ2n) is 6.74. The molecule has 0 aromatic heterocycles. The zero-order chi connectivity index (χ0) is 16.8. The van der Waals surface area contributed by atoms with Crippen LogP contribution in [0.3, 0.4) is 0 Å². The maximum atomic E-state index is 12.4. The quantitative estimate of drug-likeness (QED) is 0.464. The number of carbonyl (C=O) groups excluding carboxylic acids is 1. The van der Waals surface area contributed by atoms with Gasteiger partial charge in [-0.2, -0.15) is 13.5 Å². The summed E-state index contributed by atoms with van der Waals surface area (Å²) < 4.78 is 11.5. The largest absolute Gasteiger partial charge is 0.488 e. The molecule has 0 aliphatic heterocycles. The van der Waals surface area contributed by atoms with E-state index in [2.05, 4.69) is 13.8 Å². The Bertz CT molecular complexity index is 499. The van der Waals surface area contributed by atoms with Crippen molar-refractivity contribution in [2.75, 3.05) is 0 Å². The second kappa shape index (κ2) is 9.21. The fourth-order valence-corrected chi connectivity index (χ4v) is 2.20. The van der Waals surface area contributed by atoms with Crippen molar-refractivity contribution in [3.8, 4) is 11.5 Å². The Morgan fingerprint density at radius 2 is 1.65 bits per heavy atom. The number of benzene rings is 1. The van der Waals surface area contributed by atoms with Crippen LogP contribution < -0.4 is 9.47 Å². The number of rotatable bonds is 8. The van der Waals surface area contributed by atoms with Gasteiger partial charge in [0, 0.05) is 6.07 Å². The average Bonchev–Trinajstić information content (AvgIpc) is 2.47. The third-order valence-corrected chi connectivity index (χ3v) is 4.34. The Morgan fingerprint density at radius 1 is 1.04 bits per heavy atom. The molecule has 132 valence electrons. The molecule has 0 saturated carbocycles. The molecule has 0 heterocycles. The summed E-state index contributed by atoms with van der Waals surface area (Å²) in [6, 6.07) is 7.33. The van der Waals surface area contributed by atoms with Crippen molar-refractivity contribution in [2.45, 2.75) is 72.8 Å². The molecule has 23 heavy (non-hydrogen) atoms. The molecule has 3 nitrogen and oxygen atoms in total. The Hall–Kier alpha value is -1.16. The predicted molar refractivity (Wildman–Crippen MR) is 101 cm³/mol. The van der Waals surface area contributed by atoms with Gasteiger partial charge in [-0.05, 0) is 52.2 Å². The van der Waals surface area contributed by atoms with Crippen molar-refractivity contribution >= 4 is 19.5 Å². The van der Waals surface area contributed by atoms with Crippen molar-refractivity contribution < 1.29 is 14.3 Å². The van der Waals surface area contributed by atoms with Crippen molar-refractivity contribution in [1.29, 1.82) is 0 Å². The zero-order valence-electron chi connectivity index (χ0n) is 15.4. The molecule has 1 atom stereocenters. The van der Waals surface area contributed by atoms with Crippen LogP contribution in [0.1, 0.15) is 67.2 Å². The highest BCUT2D eigenvalue weighted by molar-refractivity contribution is 7.59. The van der Waals surface area contributed by atoms with E-state index in [1.54, 1.807) is 12.1 Å². The minimum Gasteiger partial charge on any atom is -0.488 e. The van der Waals surface area contributed by atoms with E-state index in [4.69, 9.17) is 9.47 Å². The van der Waals surface area contributed by atoms with E-state index in [0.29, 0.717) is 5.75 Å². The summed E-state index contributed by atoms with van der Waals surface area (Å²) in [5.74, 6) is 1.11. The smallest absolute Gasteiger partial charge is 0.317 e. The Labute approximate surface area is 148 Å². The molecule has 1 unspecified atom stereocenters.